The first-order valence-corrected chi connectivity index (χ1v) is 6.58. The molecule has 5 heteroatoms. The third-order valence-corrected chi connectivity index (χ3v) is 3.13. The van der Waals surface area contributed by atoms with Gasteiger partial charge < -0.3 is 9.47 Å². The van der Waals surface area contributed by atoms with Gasteiger partial charge in [-0.2, -0.15) is 0 Å². The maximum absolute atomic E-state index is 11.2. The fourth-order valence-corrected chi connectivity index (χ4v) is 1.82. The third-order valence-electron chi connectivity index (χ3n) is 1.95. The van der Waals surface area contributed by atoms with Crippen molar-refractivity contribution in [3.8, 4) is 0 Å². The highest BCUT2D eigenvalue weighted by molar-refractivity contribution is 7.99. The second-order valence-corrected chi connectivity index (χ2v) is 4.54. The Morgan fingerprint density at radius 2 is 2.06 bits per heavy atom. The zero-order valence-corrected chi connectivity index (χ0v) is 11.0. The molecule has 0 saturated carbocycles. The summed E-state index contributed by atoms with van der Waals surface area (Å²) in [5, 5.41) is 0. The van der Waals surface area contributed by atoms with E-state index >= 15 is 0 Å². The summed E-state index contributed by atoms with van der Waals surface area (Å²) in [6.45, 7) is 4.31. The molecule has 0 radical (unpaired) electrons. The average Bonchev–Trinajstić information content (AvgIpc) is 2.28. The smallest absolute Gasteiger partial charge is 0.315 e. The molecule has 0 aliphatic carbocycles. The largest absolute Gasteiger partial charge is 0.469 e. The maximum atomic E-state index is 11.2. The summed E-state index contributed by atoms with van der Waals surface area (Å²) in [4.78, 5) is 22.2. The Bertz CT molecular complexity index is 218. The van der Waals surface area contributed by atoms with Crippen molar-refractivity contribution >= 4 is 23.7 Å². The van der Waals surface area contributed by atoms with Crippen LogP contribution in [0.3, 0.4) is 0 Å². The molecule has 0 aromatic carbocycles. The lowest BCUT2D eigenvalue weighted by atomic mass is 10.2. The van der Waals surface area contributed by atoms with Crippen molar-refractivity contribution in [2.75, 3.05) is 25.2 Å². The zero-order valence-electron chi connectivity index (χ0n) is 10.2. The van der Waals surface area contributed by atoms with Crippen LogP contribution in [0.5, 0.6) is 0 Å². The lowest BCUT2D eigenvalue weighted by Crippen LogP contribution is -2.16. The van der Waals surface area contributed by atoms with Crippen molar-refractivity contribution in [3.05, 3.63) is 0 Å². The molecule has 0 aromatic heterocycles. The predicted molar refractivity (Wildman–Crippen MR) is 64.4 cm³/mol. The maximum Gasteiger partial charge on any atom is 0.315 e. The number of rotatable bonds is 8. The molecule has 0 bridgehead atoms. The Kier molecular flexibility index (Phi) is 9.09. The number of hydrogen-bond acceptors (Lipinski definition) is 5. The fourth-order valence-electron chi connectivity index (χ4n) is 0.960. The Morgan fingerprint density at radius 1 is 1.38 bits per heavy atom. The molecule has 16 heavy (non-hydrogen) atoms. The minimum absolute atomic E-state index is 0.182. The summed E-state index contributed by atoms with van der Waals surface area (Å²) in [6.07, 6.45) is 1.91. The topological polar surface area (TPSA) is 52.6 Å². The van der Waals surface area contributed by atoms with E-state index in [-0.39, 0.29) is 17.9 Å². The zero-order chi connectivity index (χ0) is 12.4. The molecule has 0 heterocycles. The summed E-state index contributed by atoms with van der Waals surface area (Å²) in [6, 6.07) is 0. The average molecular weight is 248 g/mol. The van der Waals surface area contributed by atoms with E-state index in [4.69, 9.17) is 4.74 Å². The summed E-state index contributed by atoms with van der Waals surface area (Å²) in [5.41, 5.74) is 0. The summed E-state index contributed by atoms with van der Waals surface area (Å²) in [7, 11) is 1.36. The summed E-state index contributed by atoms with van der Waals surface area (Å²) >= 11 is 1.40. The number of hydrogen-bond donors (Lipinski definition) is 0. The lowest BCUT2D eigenvalue weighted by molar-refractivity contribution is -0.144. The van der Waals surface area contributed by atoms with Crippen molar-refractivity contribution in [1.29, 1.82) is 0 Å². The van der Waals surface area contributed by atoms with E-state index < -0.39 is 0 Å². The molecule has 0 aliphatic rings. The van der Waals surface area contributed by atoms with Gasteiger partial charge in [-0.3, -0.25) is 9.59 Å². The molecule has 1 unspecified atom stereocenters. The van der Waals surface area contributed by atoms with E-state index in [9.17, 15) is 9.59 Å². The summed E-state index contributed by atoms with van der Waals surface area (Å²) in [5.74, 6) is 0.237. The first kappa shape index (κ1) is 15.3. The van der Waals surface area contributed by atoms with Gasteiger partial charge in [-0.1, -0.05) is 20.3 Å². The lowest BCUT2D eigenvalue weighted by Gasteiger charge is -2.08. The molecule has 0 amide bonds. The van der Waals surface area contributed by atoms with Gasteiger partial charge in [-0.25, -0.2) is 0 Å². The van der Waals surface area contributed by atoms with Crippen molar-refractivity contribution < 1.29 is 19.1 Å². The number of esters is 2. The molecule has 1 atom stereocenters. The van der Waals surface area contributed by atoms with E-state index in [1.807, 2.05) is 6.92 Å². The Hall–Kier alpha value is -0.710. The molecular formula is C11H20O4S. The van der Waals surface area contributed by atoms with Gasteiger partial charge >= 0.3 is 11.9 Å². The Morgan fingerprint density at radius 3 is 2.62 bits per heavy atom. The van der Waals surface area contributed by atoms with Crippen LogP contribution >= 0.6 is 11.8 Å². The quantitative estimate of drug-likeness (QED) is 0.485. The van der Waals surface area contributed by atoms with Crippen LogP contribution in [-0.2, 0) is 19.1 Å². The standard InChI is InChI=1S/C11H20O4S/c1-4-5-6-15-10(12)8-16-7-9(2)11(13)14-3/h9H,4-8H2,1-3H3. The Balaban J connectivity index is 3.50. The SMILES string of the molecule is CCCCOC(=O)CSCC(C)C(=O)OC. The molecule has 0 saturated heterocycles. The predicted octanol–water partition coefficient (Wildman–Crippen LogP) is 1.87. The van der Waals surface area contributed by atoms with Gasteiger partial charge in [0, 0.05) is 5.75 Å². The minimum atomic E-state index is -0.244. The van der Waals surface area contributed by atoms with Gasteiger partial charge in [0.1, 0.15) is 0 Å². The number of methoxy groups -OCH3 is 1. The number of ether oxygens (including phenoxy) is 2. The van der Waals surface area contributed by atoms with Crippen LogP contribution in [-0.4, -0.2) is 37.2 Å². The van der Waals surface area contributed by atoms with Gasteiger partial charge in [-0.05, 0) is 6.42 Å². The van der Waals surface area contributed by atoms with Crippen LogP contribution < -0.4 is 0 Å². The molecular weight excluding hydrogens is 228 g/mol. The van der Waals surface area contributed by atoms with Crippen LogP contribution in [0.4, 0.5) is 0 Å². The monoisotopic (exact) mass is 248 g/mol. The molecule has 0 rings (SSSR count). The van der Waals surface area contributed by atoms with Crippen LogP contribution in [0.25, 0.3) is 0 Å². The number of thioether (sulfide) groups is 1. The fraction of sp³-hybridized carbons (Fsp3) is 0.818. The highest BCUT2D eigenvalue weighted by atomic mass is 32.2. The highest BCUT2D eigenvalue weighted by Gasteiger charge is 2.13. The van der Waals surface area contributed by atoms with Crippen LogP contribution in [0.1, 0.15) is 26.7 Å². The normalized spacial score (nSPS) is 11.9. The van der Waals surface area contributed by atoms with E-state index in [0.29, 0.717) is 18.1 Å². The van der Waals surface area contributed by atoms with Gasteiger partial charge in [-0.15, -0.1) is 11.8 Å². The van der Waals surface area contributed by atoms with Crippen molar-refractivity contribution in [2.24, 2.45) is 5.92 Å². The third kappa shape index (κ3) is 7.56. The minimum Gasteiger partial charge on any atom is -0.469 e. The van der Waals surface area contributed by atoms with Gasteiger partial charge in [0.05, 0.1) is 25.4 Å². The number of carbonyl (C=O) groups excluding carboxylic acids is 2. The molecule has 0 N–H and O–H groups in total. The van der Waals surface area contributed by atoms with Gasteiger partial charge in [0.15, 0.2) is 0 Å². The van der Waals surface area contributed by atoms with Gasteiger partial charge in [0.25, 0.3) is 0 Å². The Labute approximate surface area is 101 Å². The first-order chi connectivity index (χ1) is 7.61. The van der Waals surface area contributed by atoms with Gasteiger partial charge in [0.2, 0.25) is 0 Å². The number of carbonyl (C=O) groups is 2. The summed E-state index contributed by atoms with van der Waals surface area (Å²) < 4.78 is 9.56. The van der Waals surface area contributed by atoms with E-state index in [2.05, 4.69) is 4.74 Å². The molecule has 0 aromatic rings. The molecule has 4 nitrogen and oxygen atoms in total. The number of unbranched alkanes of at least 4 members (excludes halogenated alkanes) is 1. The first-order valence-electron chi connectivity index (χ1n) is 5.43. The molecule has 94 valence electrons. The van der Waals surface area contributed by atoms with E-state index in [1.165, 1.54) is 18.9 Å². The van der Waals surface area contributed by atoms with Crippen molar-refractivity contribution in [2.45, 2.75) is 26.7 Å². The van der Waals surface area contributed by atoms with Crippen molar-refractivity contribution in [1.82, 2.24) is 0 Å². The second kappa shape index (κ2) is 9.51. The van der Waals surface area contributed by atoms with E-state index in [0.717, 1.165) is 12.8 Å². The van der Waals surface area contributed by atoms with Crippen LogP contribution in [0.15, 0.2) is 0 Å². The van der Waals surface area contributed by atoms with Crippen LogP contribution in [0, 0.1) is 5.92 Å². The molecule has 0 aliphatic heterocycles. The van der Waals surface area contributed by atoms with Crippen molar-refractivity contribution in [3.63, 3.8) is 0 Å². The molecule has 0 fully saturated rings. The van der Waals surface area contributed by atoms with Crippen LogP contribution in [0.2, 0.25) is 0 Å². The molecule has 0 spiro atoms. The highest BCUT2D eigenvalue weighted by Crippen LogP contribution is 2.10. The van der Waals surface area contributed by atoms with E-state index in [1.54, 1.807) is 6.92 Å². The second-order valence-electron chi connectivity index (χ2n) is 3.51.